The SMILES string of the molecule is CCOC(=O)C1=C(c2ccccc2)N=c2s/c(=C\c3cc(Br)cc(I)c3OCc3ccccc3C#N)c(=O)n2[C@H]1c1ccc(SC)cc1. The summed E-state index contributed by atoms with van der Waals surface area (Å²) < 4.78 is 15.6. The Balaban J connectivity index is 1.56. The number of halogens is 2. The number of rotatable bonds is 9. The Morgan fingerprint density at radius 2 is 1.83 bits per heavy atom. The number of ether oxygens (including phenoxy) is 2. The summed E-state index contributed by atoms with van der Waals surface area (Å²) in [6.07, 6.45) is 3.80. The average molecular weight is 849 g/mol. The van der Waals surface area contributed by atoms with Crippen LogP contribution in [-0.2, 0) is 16.1 Å². The molecule has 2 heterocycles. The fourth-order valence-electron chi connectivity index (χ4n) is 5.43. The van der Waals surface area contributed by atoms with Crippen molar-refractivity contribution >= 4 is 79.4 Å². The molecule has 6 rings (SSSR count). The summed E-state index contributed by atoms with van der Waals surface area (Å²) in [6, 6.07) is 29.9. The molecule has 0 saturated carbocycles. The Labute approximate surface area is 307 Å². The van der Waals surface area contributed by atoms with Crippen LogP contribution in [0.4, 0.5) is 0 Å². The van der Waals surface area contributed by atoms with Crippen molar-refractivity contribution in [3.05, 3.63) is 152 Å². The van der Waals surface area contributed by atoms with Gasteiger partial charge in [0.15, 0.2) is 4.80 Å². The Kier molecular flexibility index (Phi) is 10.7. The number of nitrogens with zero attached hydrogens (tertiary/aromatic N) is 3. The molecule has 11 heteroatoms. The normalized spacial score (nSPS) is 14.2. The molecular formula is C37H27BrIN3O4S2. The topological polar surface area (TPSA) is 93.7 Å². The highest BCUT2D eigenvalue weighted by atomic mass is 127. The largest absolute Gasteiger partial charge is 0.487 e. The highest BCUT2D eigenvalue weighted by molar-refractivity contribution is 14.1. The molecule has 0 saturated heterocycles. The van der Waals surface area contributed by atoms with Crippen molar-refractivity contribution in [2.24, 2.45) is 4.99 Å². The van der Waals surface area contributed by atoms with Gasteiger partial charge in [0.25, 0.3) is 5.56 Å². The maximum atomic E-state index is 14.5. The van der Waals surface area contributed by atoms with Crippen molar-refractivity contribution in [3.63, 3.8) is 0 Å². The molecule has 48 heavy (non-hydrogen) atoms. The number of thioether (sulfide) groups is 1. The van der Waals surface area contributed by atoms with E-state index >= 15 is 0 Å². The van der Waals surface area contributed by atoms with Crippen LogP contribution in [0.3, 0.4) is 0 Å². The van der Waals surface area contributed by atoms with Crippen LogP contribution in [0, 0.1) is 14.9 Å². The summed E-state index contributed by atoms with van der Waals surface area (Å²) in [6.45, 7) is 2.12. The molecule has 0 aliphatic carbocycles. The first-order chi connectivity index (χ1) is 23.3. The highest BCUT2D eigenvalue weighted by Crippen LogP contribution is 2.36. The molecule has 0 fully saturated rings. The predicted molar refractivity (Wildman–Crippen MR) is 202 cm³/mol. The van der Waals surface area contributed by atoms with E-state index < -0.39 is 12.0 Å². The zero-order chi connectivity index (χ0) is 33.8. The molecule has 4 aromatic carbocycles. The standard InChI is InChI=1S/C37H27BrIN3O4S2/c1-3-45-36(44)31-32(22-9-5-4-6-10-22)41-37-42(33(31)23-13-15-28(47-2)16-14-23)35(43)30(48-37)18-26-17-27(38)19-29(39)34(26)46-21-25-12-8-7-11-24(25)20-40/h4-19,33H,3,21H2,1-2H3/b30-18-/t33-/m0/s1. The number of hydrogen-bond acceptors (Lipinski definition) is 8. The molecule has 0 bridgehead atoms. The summed E-state index contributed by atoms with van der Waals surface area (Å²) in [5.74, 6) is 0.0574. The molecular weight excluding hydrogens is 821 g/mol. The molecule has 0 spiro atoms. The Hall–Kier alpha value is -3.96. The summed E-state index contributed by atoms with van der Waals surface area (Å²) in [4.78, 5) is 34.7. The molecule has 240 valence electrons. The predicted octanol–water partition coefficient (Wildman–Crippen LogP) is 7.48. The third-order valence-electron chi connectivity index (χ3n) is 7.64. The molecule has 7 nitrogen and oxygen atoms in total. The number of benzene rings is 4. The second-order valence-corrected chi connectivity index (χ2v) is 14.5. The Morgan fingerprint density at radius 3 is 2.54 bits per heavy atom. The van der Waals surface area contributed by atoms with Crippen molar-refractivity contribution in [2.45, 2.75) is 24.5 Å². The van der Waals surface area contributed by atoms with E-state index in [2.05, 4.69) is 44.6 Å². The first-order valence-electron chi connectivity index (χ1n) is 14.8. The van der Waals surface area contributed by atoms with Gasteiger partial charge in [-0.2, -0.15) is 5.26 Å². The Morgan fingerprint density at radius 1 is 1.10 bits per heavy atom. The first kappa shape index (κ1) is 33.9. The summed E-state index contributed by atoms with van der Waals surface area (Å²) >= 11 is 8.67. The number of esters is 1. The van der Waals surface area contributed by atoms with Crippen LogP contribution in [-0.4, -0.2) is 23.4 Å². The molecule has 0 N–H and O–H groups in total. The second kappa shape index (κ2) is 15.1. The number of carbonyl (C=O) groups excluding carboxylic acids is 1. The molecule has 0 unspecified atom stereocenters. The number of aromatic nitrogens is 1. The van der Waals surface area contributed by atoms with Gasteiger partial charge >= 0.3 is 5.97 Å². The van der Waals surface area contributed by atoms with Gasteiger partial charge in [-0.15, -0.1) is 11.8 Å². The fraction of sp³-hybridized carbons (Fsp3) is 0.135. The lowest BCUT2D eigenvalue weighted by molar-refractivity contribution is -0.138. The van der Waals surface area contributed by atoms with Gasteiger partial charge in [0.05, 0.1) is 43.7 Å². The van der Waals surface area contributed by atoms with Crippen LogP contribution in [0.25, 0.3) is 11.8 Å². The maximum Gasteiger partial charge on any atom is 0.338 e. The average Bonchev–Trinajstić information content (AvgIpc) is 3.41. The van der Waals surface area contributed by atoms with Crippen LogP contribution < -0.4 is 19.6 Å². The lowest BCUT2D eigenvalue weighted by Gasteiger charge is -2.26. The van der Waals surface area contributed by atoms with Crippen molar-refractivity contribution in [1.82, 2.24) is 4.57 Å². The summed E-state index contributed by atoms with van der Waals surface area (Å²) in [7, 11) is 0. The number of thiazole rings is 1. The molecule has 1 aromatic heterocycles. The van der Waals surface area contributed by atoms with Gasteiger partial charge in [0.2, 0.25) is 0 Å². The Bertz CT molecular complexity index is 2280. The third-order valence-corrected chi connectivity index (χ3v) is 10.6. The van der Waals surface area contributed by atoms with E-state index in [4.69, 9.17) is 14.5 Å². The number of carbonyl (C=O) groups is 1. The molecule has 5 aromatic rings. The van der Waals surface area contributed by atoms with Gasteiger partial charge in [-0.05, 0) is 77.7 Å². The summed E-state index contributed by atoms with van der Waals surface area (Å²) in [5.41, 5.74) is 3.98. The van der Waals surface area contributed by atoms with Gasteiger partial charge in [0, 0.05) is 26.1 Å². The van der Waals surface area contributed by atoms with Gasteiger partial charge in [-0.25, -0.2) is 9.79 Å². The van der Waals surface area contributed by atoms with Crippen LogP contribution in [0.15, 0.2) is 116 Å². The molecule has 1 atom stereocenters. The molecule has 0 radical (unpaired) electrons. The molecule has 0 amide bonds. The minimum atomic E-state index is -0.769. The maximum absolute atomic E-state index is 14.5. The lowest BCUT2D eigenvalue weighted by Crippen LogP contribution is -2.40. The van der Waals surface area contributed by atoms with Crippen molar-refractivity contribution in [2.75, 3.05) is 12.9 Å². The highest BCUT2D eigenvalue weighted by Gasteiger charge is 2.35. The smallest absolute Gasteiger partial charge is 0.338 e. The van der Waals surface area contributed by atoms with Gasteiger partial charge < -0.3 is 9.47 Å². The van der Waals surface area contributed by atoms with Crippen molar-refractivity contribution in [3.8, 4) is 11.8 Å². The minimum absolute atomic E-state index is 0.177. The van der Waals surface area contributed by atoms with Gasteiger partial charge in [-0.1, -0.05) is 87.9 Å². The number of fused-ring (bicyclic) bond motifs is 1. The van der Waals surface area contributed by atoms with Gasteiger partial charge in [-0.3, -0.25) is 9.36 Å². The van der Waals surface area contributed by atoms with E-state index in [0.29, 0.717) is 37.5 Å². The first-order valence-corrected chi connectivity index (χ1v) is 18.8. The van der Waals surface area contributed by atoms with Crippen molar-refractivity contribution < 1.29 is 14.3 Å². The fourth-order valence-corrected chi connectivity index (χ4v) is 8.53. The number of nitriles is 1. The zero-order valence-electron chi connectivity index (χ0n) is 25.8. The van der Waals surface area contributed by atoms with E-state index in [1.807, 2.05) is 91.2 Å². The van der Waals surface area contributed by atoms with Crippen LogP contribution in [0.1, 0.15) is 40.8 Å². The third kappa shape index (κ3) is 6.94. The van der Waals surface area contributed by atoms with Crippen molar-refractivity contribution in [1.29, 1.82) is 5.26 Å². The summed E-state index contributed by atoms with van der Waals surface area (Å²) in [5, 5.41) is 9.57. The van der Waals surface area contributed by atoms with Crippen LogP contribution in [0.2, 0.25) is 0 Å². The van der Waals surface area contributed by atoms with E-state index in [1.165, 1.54) is 11.3 Å². The lowest BCUT2D eigenvalue weighted by atomic mass is 9.93. The monoisotopic (exact) mass is 847 g/mol. The molecule has 1 aliphatic rings. The van der Waals surface area contributed by atoms with E-state index in [9.17, 15) is 14.9 Å². The number of hydrogen-bond donors (Lipinski definition) is 0. The van der Waals surface area contributed by atoms with Gasteiger partial charge in [0.1, 0.15) is 12.4 Å². The molecule has 1 aliphatic heterocycles. The van der Waals surface area contributed by atoms with Crippen LogP contribution >= 0.6 is 61.6 Å². The quantitative estimate of drug-likeness (QED) is 0.0869. The van der Waals surface area contributed by atoms with E-state index in [-0.39, 0.29) is 18.8 Å². The second-order valence-electron chi connectivity index (χ2n) is 10.6. The zero-order valence-corrected chi connectivity index (χ0v) is 31.2. The van der Waals surface area contributed by atoms with Crippen LogP contribution in [0.5, 0.6) is 5.75 Å². The van der Waals surface area contributed by atoms with E-state index in [1.54, 1.807) is 35.4 Å². The minimum Gasteiger partial charge on any atom is -0.487 e. The van der Waals surface area contributed by atoms with E-state index in [0.717, 1.165) is 29.6 Å².